The summed E-state index contributed by atoms with van der Waals surface area (Å²) in [6.45, 7) is 5.53. The van der Waals surface area contributed by atoms with Crippen molar-refractivity contribution in [2.45, 2.75) is 38.5 Å². The van der Waals surface area contributed by atoms with Gasteiger partial charge in [-0.25, -0.2) is 4.98 Å². The van der Waals surface area contributed by atoms with Crippen LogP contribution in [-0.2, 0) is 0 Å². The molecule has 0 spiro atoms. The molecular weight excluding hydrogens is 304 g/mol. The molecule has 1 saturated heterocycles. The molecule has 2 aromatic rings. The maximum absolute atomic E-state index is 12.7. The number of anilines is 1. The van der Waals surface area contributed by atoms with Crippen molar-refractivity contribution in [3.05, 3.63) is 41.4 Å². The highest BCUT2D eigenvalue weighted by Gasteiger charge is 2.28. The van der Waals surface area contributed by atoms with Crippen LogP contribution in [0.4, 0.5) is 5.82 Å². The van der Waals surface area contributed by atoms with Crippen LogP contribution in [0.3, 0.4) is 0 Å². The molecule has 2 aromatic heterocycles. The molecule has 1 amide bonds. The van der Waals surface area contributed by atoms with Crippen LogP contribution in [0.1, 0.15) is 60.3 Å². The van der Waals surface area contributed by atoms with Gasteiger partial charge in [0.15, 0.2) is 0 Å². The second-order valence-corrected chi connectivity index (χ2v) is 6.59. The van der Waals surface area contributed by atoms with Gasteiger partial charge in [0, 0.05) is 38.3 Å². The summed E-state index contributed by atoms with van der Waals surface area (Å²) < 4.78 is 5.26. The smallest absolute Gasteiger partial charge is 0.292 e. The number of carbonyl (C=O) groups excluding carboxylic acids is 1. The average molecular weight is 328 g/mol. The first kappa shape index (κ1) is 16.5. The van der Waals surface area contributed by atoms with Crippen LogP contribution in [0.25, 0.3) is 0 Å². The molecule has 6 nitrogen and oxygen atoms in total. The van der Waals surface area contributed by atoms with Crippen LogP contribution in [-0.4, -0.2) is 41.1 Å². The SMILES string of the molecule is CNc1cc(C2CCCN(C(=O)c3cc(C(C)C)no3)C2)ccn1. The Morgan fingerprint density at radius 3 is 2.96 bits per heavy atom. The van der Waals surface area contributed by atoms with E-state index in [1.54, 1.807) is 6.07 Å². The quantitative estimate of drug-likeness (QED) is 0.933. The van der Waals surface area contributed by atoms with Crippen LogP contribution >= 0.6 is 0 Å². The van der Waals surface area contributed by atoms with Crippen molar-refractivity contribution in [3.8, 4) is 0 Å². The van der Waals surface area contributed by atoms with Crippen molar-refractivity contribution < 1.29 is 9.32 Å². The maximum atomic E-state index is 12.7. The first-order valence-electron chi connectivity index (χ1n) is 8.48. The third-order valence-electron chi connectivity index (χ3n) is 4.55. The zero-order valence-corrected chi connectivity index (χ0v) is 14.5. The number of likely N-dealkylation sites (tertiary alicyclic amines) is 1. The Bertz CT molecular complexity index is 711. The second kappa shape index (κ2) is 7.03. The van der Waals surface area contributed by atoms with Crippen molar-refractivity contribution in [2.24, 2.45) is 0 Å². The number of hydrogen-bond donors (Lipinski definition) is 1. The predicted octanol–water partition coefficient (Wildman–Crippen LogP) is 3.25. The van der Waals surface area contributed by atoms with E-state index in [4.69, 9.17) is 4.52 Å². The lowest BCUT2D eigenvalue weighted by molar-refractivity contribution is 0.0665. The fourth-order valence-electron chi connectivity index (χ4n) is 3.09. The standard InChI is InChI=1S/C18H24N4O2/c1-12(2)15-10-16(24-21-15)18(23)22-8-4-5-14(11-22)13-6-7-20-17(9-13)19-3/h6-7,9-10,12,14H,4-5,8,11H2,1-3H3,(H,19,20). The van der Waals surface area contributed by atoms with Crippen molar-refractivity contribution in [1.82, 2.24) is 15.0 Å². The Kier molecular flexibility index (Phi) is 4.83. The number of nitrogens with one attached hydrogen (secondary N) is 1. The number of pyridine rings is 1. The van der Waals surface area contributed by atoms with Crippen molar-refractivity contribution >= 4 is 11.7 Å². The van der Waals surface area contributed by atoms with Gasteiger partial charge in [-0.2, -0.15) is 0 Å². The number of nitrogens with zero attached hydrogens (tertiary/aromatic N) is 3. The molecule has 6 heteroatoms. The molecule has 0 saturated carbocycles. The molecule has 0 aromatic carbocycles. The molecule has 1 aliphatic heterocycles. The van der Waals surface area contributed by atoms with E-state index < -0.39 is 0 Å². The number of carbonyl (C=O) groups is 1. The van der Waals surface area contributed by atoms with Gasteiger partial charge in [0.25, 0.3) is 5.91 Å². The van der Waals surface area contributed by atoms with E-state index in [-0.39, 0.29) is 11.8 Å². The lowest BCUT2D eigenvalue weighted by Gasteiger charge is -2.32. The lowest BCUT2D eigenvalue weighted by atomic mass is 9.91. The van der Waals surface area contributed by atoms with Crippen molar-refractivity contribution in [3.63, 3.8) is 0 Å². The summed E-state index contributed by atoms with van der Waals surface area (Å²) in [5.74, 6) is 1.70. The lowest BCUT2D eigenvalue weighted by Crippen LogP contribution is -2.39. The summed E-state index contributed by atoms with van der Waals surface area (Å²) >= 11 is 0. The number of rotatable bonds is 4. The molecule has 1 unspecified atom stereocenters. The molecule has 1 fully saturated rings. The van der Waals surface area contributed by atoms with Gasteiger partial charge < -0.3 is 14.7 Å². The van der Waals surface area contributed by atoms with E-state index in [1.165, 1.54) is 5.56 Å². The van der Waals surface area contributed by atoms with Crippen LogP contribution in [0.2, 0.25) is 0 Å². The molecule has 0 bridgehead atoms. The molecule has 128 valence electrons. The molecule has 24 heavy (non-hydrogen) atoms. The van der Waals surface area contributed by atoms with Gasteiger partial charge >= 0.3 is 0 Å². The topological polar surface area (TPSA) is 71.3 Å². The fraction of sp³-hybridized carbons (Fsp3) is 0.500. The number of hydrogen-bond acceptors (Lipinski definition) is 5. The normalized spacial score (nSPS) is 18.0. The van der Waals surface area contributed by atoms with Crippen LogP contribution in [0, 0.1) is 0 Å². The Balaban J connectivity index is 1.73. The summed E-state index contributed by atoms with van der Waals surface area (Å²) in [7, 11) is 1.86. The fourth-order valence-corrected chi connectivity index (χ4v) is 3.09. The molecule has 0 radical (unpaired) electrons. The average Bonchev–Trinajstić information content (AvgIpc) is 3.11. The van der Waals surface area contributed by atoms with Crippen molar-refractivity contribution in [1.29, 1.82) is 0 Å². The summed E-state index contributed by atoms with van der Waals surface area (Å²) in [6, 6.07) is 5.86. The van der Waals surface area contributed by atoms with Crippen LogP contribution in [0.5, 0.6) is 0 Å². The van der Waals surface area contributed by atoms with Gasteiger partial charge in [0.2, 0.25) is 5.76 Å². The van der Waals surface area contributed by atoms with Gasteiger partial charge in [0.05, 0.1) is 5.69 Å². The maximum Gasteiger partial charge on any atom is 0.292 e. The largest absolute Gasteiger partial charge is 0.373 e. The highest BCUT2D eigenvalue weighted by atomic mass is 16.5. The summed E-state index contributed by atoms with van der Waals surface area (Å²) in [5, 5.41) is 7.06. The van der Waals surface area contributed by atoms with Gasteiger partial charge in [-0.1, -0.05) is 19.0 Å². The van der Waals surface area contributed by atoms with Crippen molar-refractivity contribution in [2.75, 3.05) is 25.5 Å². The summed E-state index contributed by atoms with van der Waals surface area (Å²) in [5.41, 5.74) is 2.03. The zero-order chi connectivity index (χ0) is 17.1. The second-order valence-electron chi connectivity index (χ2n) is 6.59. The zero-order valence-electron chi connectivity index (χ0n) is 14.5. The molecular formula is C18H24N4O2. The molecule has 3 rings (SSSR count). The Morgan fingerprint density at radius 1 is 1.42 bits per heavy atom. The first-order valence-corrected chi connectivity index (χ1v) is 8.48. The van der Waals surface area contributed by atoms with Gasteiger partial charge in [-0.15, -0.1) is 0 Å². The third-order valence-corrected chi connectivity index (χ3v) is 4.55. The summed E-state index contributed by atoms with van der Waals surface area (Å²) in [6.07, 6.45) is 3.87. The number of amides is 1. The predicted molar refractivity (Wildman–Crippen MR) is 92.3 cm³/mol. The van der Waals surface area contributed by atoms with Gasteiger partial charge in [0.1, 0.15) is 5.82 Å². The van der Waals surface area contributed by atoms with Crippen LogP contribution in [0.15, 0.2) is 28.9 Å². The molecule has 0 aliphatic carbocycles. The van der Waals surface area contributed by atoms with E-state index in [1.807, 2.05) is 38.1 Å². The highest BCUT2D eigenvalue weighted by Crippen LogP contribution is 2.29. The number of piperidine rings is 1. The Hall–Kier alpha value is -2.37. The van der Waals surface area contributed by atoms with E-state index in [0.717, 1.165) is 30.9 Å². The monoisotopic (exact) mass is 328 g/mol. The van der Waals surface area contributed by atoms with E-state index in [0.29, 0.717) is 18.2 Å². The molecule has 1 atom stereocenters. The minimum atomic E-state index is -0.0676. The molecule has 1 aliphatic rings. The van der Waals surface area contributed by atoms with E-state index >= 15 is 0 Å². The van der Waals surface area contributed by atoms with Gasteiger partial charge in [-0.3, -0.25) is 4.79 Å². The van der Waals surface area contributed by atoms with Gasteiger partial charge in [-0.05, 0) is 36.5 Å². The summed E-state index contributed by atoms with van der Waals surface area (Å²) in [4.78, 5) is 18.8. The first-order chi connectivity index (χ1) is 11.6. The Morgan fingerprint density at radius 2 is 2.25 bits per heavy atom. The minimum absolute atomic E-state index is 0.0676. The minimum Gasteiger partial charge on any atom is -0.373 e. The highest BCUT2D eigenvalue weighted by molar-refractivity contribution is 5.91. The van der Waals surface area contributed by atoms with E-state index in [9.17, 15) is 4.79 Å². The third kappa shape index (κ3) is 3.42. The molecule has 3 heterocycles. The van der Waals surface area contributed by atoms with Crippen LogP contribution < -0.4 is 5.32 Å². The van der Waals surface area contributed by atoms with E-state index in [2.05, 4.69) is 21.5 Å². The number of aromatic nitrogens is 2. The Labute approximate surface area is 142 Å². The molecule has 1 N–H and O–H groups in total.